The molecule has 1 spiro atoms. The maximum Gasteiger partial charge on any atom is 0.0972 e. The monoisotopic (exact) mass is 276 g/mol. The number of pyridine rings is 1. The fourth-order valence-corrected chi connectivity index (χ4v) is 3.62. The number of hydrogen-bond donors (Lipinski definition) is 1. The van der Waals surface area contributed by atoms with Crippen LogP contribution >= 0.6 is 0 Å². The molecule has 0 radical (unpaired) electrons. The molecular weight excluding hydrogens is 252 g/mol. The highest BCUT2D eigenvalue weighted by Crippen LogP contribution is 2.43. The molecule has 3 rings (SSSR count). The Hall–Kier alpha value is -0.970. The lowest BCUT2D eigenvalue weighted by molar-refractivity contribution is -0.142. The van der Waals surface area contributed by atoms with Gasteiger partial charge in [0.25, 0.3) is 0 Å². The molecule has 2 heterocycles. The zero-order chi connectivity index (χ0) is 13.8. The minimum Gasteiger partial charge on any atom is -0.378 e. The van der Waals surface area contributed by atoms with E-state index in [1.165, 1.54) is 5.69 Å². The Labute approximate surface area is 120 Å². The zero-order valence-corrected chi connectivity index (χ0v) is 12.2. The summed E-state index contributed by atoms with van der Waals surface area (Å²) in [6, 6.07) is 6.18. The van der Waals surface area contributed by atoms with Gasteiger partial charge in [0.2, 0.25) is 0 Å². The number of ether oxygens (including phenoxy) is 2. The number of rotatable bonds is 3. The third-order valence-corrected chi connectivity index (χ3v) is 4.51. The summed E-state index contributed by atoms with van der Waals surface area (Å²) in [5.74, 6) is 0.444. The topological polar surface area (TPSA) is 43.4 Å². The lowest BCUT2D eigenvalue weighted by atomic mass is 9.73. The van der Waals surface area contributed by atoms with E-state index in [-0.39, 0.29) is 5.60 Å². The third-order valence-electron chi connectivity index (χ3n) is 4.51. The van der Waals surface area contributed by atoms with Crippen molar-refractivity contribution in [1.29, 1.82) is 0 Å². The molecule has 1 N–H and O–H groups in total. The van der Waals surface area contributed by atoms with Gasteiger partial charge in [-0.15, -0.1) is 0 Å². The molecule has 1 aromatic rings. The Morgan fingerprint density at radius 3 is 3.10 bits per heavy atom. The fraction of sp³-hybridized carbons (Fsp3) is 0.688. The number of aromatic nitrogens is 1. The summed E-state index contributed by atoms with van der Waals surface area (Å²) >= 11 is 0. The van der Waals surface area contributed by atoms with Gasteiger partial charge in [0.05, 0.1) is 18.4 Å². The molecule has 0 aromatic carbocycles. The molecule has 2 fully saturated rings. The third kappa shape index (κ3) is 3.03. The fourth-order valence-electron chi connectivity index (χ4n) is 3.62. The summed E-state index contributed by atoms with van der Waals surface area (Å²) in [5, 5.41) is 3.28. The van der Waals surface area contributed by atoms with E-state index >= 15 is 0 Å². The maximum atomic E-state index is 6.12. The molecule has 0 bridgehead atoms. The maximum absolute atomic E-state index is 6.12. The van der Waals surface area contributed by atoms with E-state index in [2.05, 4.69) is 29.4 Å². The van der Waals surface area contributed by atoms with Gasteiger partial charge in [-0.25, -0.2) is 0 Å². The Balaban J connectivity index is 1.79. The second kappa shape index (κ2) is 6.20. The van der Waals surface area contributed by atoms with Gasteiger partial charge >= 0.3 is 0 Å². The predicted octanol–water partition coefficient (Wildman–Crippen LogP) is 2.46. The average molecular weight is 276 g/mol. The first kappa shape index (κ1) is 14.0. The first-order chi connectivity index (χ1) is 9.81. The number of nitrogens with zero attached hydrogens (tertiary/aromatic N) is 1. The lowest BCUT2D eigenvalue weighted by Gasteiger charge is -2.46. The van der Waals surface area contributed by atoms with Gasteiger partial charge in [0.15, 0.2) is 0 Å². The largest absolute Gasteiger partial charge is 0.378 e. The van der Waals surface area contributed by atoms with Gasteiger partial charge in [0.1, 0.15) is 0 Å². The van der Waals surface area contributed by atoms with Crippen molar-refractivity contribution in [2.45, 2.75) is 50.2 Å². The van der Waals surface area contributed by atoms with Crippen molar-refractivity contribution in [1.82, 2.24) is 10.3 Å². The van der Waals surface area contributed by atoms with E-state index in [1.807, 2.05) is 12.3 Å². The predicted molar refractivity (Wildman–Crippen MR) is 77.5 cm³/mol. The molecule has 4 heteroatoms. The SMILES string of the molecule is CCOC1CC(c2ccccn2)CC2(CCNCO2)C1. The molecule has 1 saturated heterocycles. The number of nitrogens with one attached hydrogen (secondary N) is 1. The van der Waals surface area contributed by atoms with Crippen LogP contribution in [0, 0.1) is 0 Å². The van der Waals surface area contributed by atoms with Crippen LogP contribution in [0.2, 0.25) is 0 Å². The molecule has 1 saturated carbocycles. The van der Waals surface area contributed by atoms with Crippen LogP contribution in [-0.4, -0.2) is 36.6 Å². The van der Waals surface area contributed by atoms with Crippen molar-refractivity contribution in [2.75, 3.05) is 19.9 Å². The minimum absolute atomic E-state index is 0.0223. The Bertz CT molecular complexity index is 418. The van der Waals surface area contributed by atoms with E-state index in [4.69, 9.17) is 9.47 Å². The highest BCUT2D eigenvalue weighted by Gasteiger charge is 2.43. The molecule has 1 aliphatic carbocycles. The van der Waals surface area contributed by atoms with Gasteiger partial charge in [0, 0.05) is 30.8 Å². The molecule has 20 heavy (non-hydrogen) atoms. The Morgan fingerprint density at radius 1 is 1.45 bits per heavy atom. The molecule has 2 aliphatic rings. The molecule has 1 aromatic heterocycles. The summed E-state index contributed by atoms with van der Waals surface area (Å²) in [4.78, 5) is 4.55. The van der Waals surface area contributed by atoms with Crippen LogP contribution in [0.15, 0.2) is 24.4 Å². The average Bonchev–Trinajstić information content (AvgIpc) is 2.49. The van der Waals surface area contributed by atoms with E-state index in [9.17, 15) is 0 Å². The van der Waals surface area contributed by atoms with E-state index in [0.29, 0.717) is 18.8 Å². The second-order valence-electron chi connectivity index (χ2n) is 5.89. The molecule has 110 valence electrons. The van der Waals surface area contributed by atoms with Crippen molar-refractivity contribution < 1.29 is 9.47 Å². The molecular formula is C16H24N2O2. The van der Waals surface area contributed by atoms with Crippen LogP contribution in [-0.2, 0) is 9.47 Å². The van der Waals surface area contributed by atoms with Crippen molar-refractivity contribution in [3.63, 3.8) is 0 Å². The normalized spacial score (nSPS) is 34.2. The summed E-state index contributed by atoms with van der Waals surface area (Å²) in [6.07, 6.45) is 6.39. The van der Waals surface area contributed by atoms with Crippen LogP contribution in [0.4, 0.5) is 0 Å². The lowest BCUT2D eigenvalue weighted by Crippen LogP contribution is -2.50. The van der Waals surface area contributed by atoms with Gasteiger partial charge in [-0.1, -0.05) is 6.07 Å². The van der Waals surface area contributed by atoms with Gasteiger partial charge in [-0.05, 0) is 44.9 Å². The highest BCUT2D eigenvalue weighted by molar-refractivity contribution is 5.13. The van der Waals surface area contributed by atoms with E-state index in [0.717, 1.165) is 38.8 Å². The quantitative estimate of drug-likeness (QED) is 0.921. The minimum atomic E-state index is -0.0223. The van der Waals surface area contributed by atoms with Crippen LogP contribution in [0.5, 0.6) is 0 Å². The van der Waals surface area contributed by atoms with Gasteiger partial charge in [-0.2, -0.15) is 0 Å². The Morgan fingerprint density at radius 2 is 2.40 bits per heavy atom. The molecule has 1 aliphatic heterocycles. The first-order valence-corrected chi connectivity index (χ1v) is 7.68. The summed E-state index contributed by atoms with van der Waals surface area (Å²) in [6.45, 7) is 4.54. The van der Waals surface area contributed by atoms with E-state index < -0.39 is 0 Å². The van der Waals surface area contributed by atoms with Crippen LogP contribution in [0.25, 0.3) is 0 Å². The second-order valence-corrected chi connectivity index (χ2v) is 5.89. The van der Waals surface area contributed by atoms with Crippen LogP contribution in [0.3, 0.4) is 0 Å². The molecule has 3 unspecified atom stereocenters. The summed E-state index contributed by atoms with van der Waals surface area (Å²) < 4.78 is 12.0. The van der Waals surface area contributed by atoms with E-state index in [1.54, 1.807) is 0 Å². The standard InChI is InChI=1S/C16H24N2O2/c1-2-19-14-9-13(15-5-3-4-7-18-15)10-16(11-14)6-8-17-12-20-16/h3-5,7,13-14,17H,2,6,8-12H2,1H3. The van der Waals surface area contributed by atoms with Gasteiger partial charge in [-0.3, -0.25) is 10.3 Å². The molecule has 3 atom stereocenters. The first-order valence-electron chi connectivity index (χ1n) is 7.68. The van der Waals surface area contributed by atoms with Crippen molar-refractivity contribution in [2.24, 2.45) is 0 Å². The van der Waals surface area contributed by atoms with Crippen molar-refractivity contribution >= 4 is 0 Å². The smallest absolute Gasteiger partial charge is 0.0972 e. The van der Waals surface area contributed by atoms with Crippen molar-refractivity contribution in [3.8, 4) is 0 Å². The van der Waals surface area contributed by atoms with Crippen molar-refractivity contribution in [3.05, 3.63) is 30.1 Å². The summed E-state index contributed by atoms with van der Waals surface area (Å²) in [5.41, 5.74) is 1.16. The van der Waals surface area contributed by atoms with Crippen LogP contribution in [0.1, 0.15) is 44.2 Å². The van der Waals surface area contributed by atoms with Crippen LogP contribution < -0.4 is 5.32 Å². The zero-order valence-electron chi connectivity index (χ0n) is 12.2. The summed E-state index contributed by atoms with van der Waals surface area (Å²) in [7, 11) is 0. The molecule has 0 amide bonds. The molecule has 4 nitrogen and oxygen atoms in total. The van der Waals surface area contributed by atoms with Gasteiger partial charge < -0.3 is 9.47 Å². The Kier molecular flexibility index (Phi) is 4.34. The highest BCUT2D eigenvalue weighted by atomic mass is 16.5. The number of hydrogen-bond acceptors (Lipinski definition) is 4.